The molecule has 80 valence electrons. The van der Waals surface area contributed by atoms with E-state index in [0.717, 1.165) is 0 Å². The minimum Gasteiger partial charge on any atom is -0.481 e. The van der Waals surface area contributed by atoms with Gasteiger partial charge in [0, 0.05) is 0 Å². The summed E-state index contributed by atoms with van der Waals surface area (Å²) in [6.45, 7) is 0. The zero-order chi connectivity index (χ0) is 11.3. The van der Waals surface area contributed by atoms with Crippen molar-refractivity contribution in [3.63, 3.8) is 0 Å². The van der Waals surface area contributed by atoms with Gasteiger partial charge in [0.05, 0.1) is 0 Å². The molecule has 0 aliphatic carbocycles. The first-order chi connectivity index (χ1) is 6.36. The molecule has 0 saturated carbocycles. The maximum absolute atomic E-state index is 10.4. The lowest BCUT2D eigenvalue weighted by molar-refractivity contribution is -0.155. The first-order valence-corrected chi connectivity index (χ1v) is 3.80. The molecule has 14 heavy (non-hydrogen) atoms. The summed E-state index contributed by atoms with van der Waals surface area (Å²) in [5, 5.41) is 25.2. The van der Waals surface area contributed by atoms with Gasteiger partial charge >= 0.3 is 17.9 Å². The number of rotatable bonds is 6. The van der Waals surface area contributed by atoms with Gasteiger partial charge in [-0.3, -0.25) is 14.4 Å². The summed E-state index contributed by atoms with van der Waals surface area (Å²) < 4.78 is 0. The van der Waals surface area contributed by atoms with E-state index in [9.17, 15) is 14.4 Å². The molecule has 0 aliphatic heterocycles. The lowest BCUT2D eigenvalue weighted by Gasteiger charge is -2.09. The van der Waals surface area contributed by atoms with Crippen LogP contribution in [0.25, 0.3) is 0 Å². The van der Waals surface area contributed by atoms with E-state index in [0.29, 0.717) is 0 Å². The van der Waals surface area contributed by atoms with E-state index in [1.807, 2.05) is 0 Å². The van der Waals surface area contributed by atoms with Crippen molar-refractivity contribution in [2.75, 3.05) is 0 Å². The summed E-state index contributed by atoms with van der Waals surface area (Å²) >= 11 is 0. The molecule has 0 saturated heterocycles. The van der Waals surface area contributed by atoms with E-state index in [-0.39, 0.29) is 12.8 Å². The predicted octanol–water partition coefficient (Wildman–Crippen LogP) is -1.04. The van der Waals surface area contributed by atoms with Crippen molar-refractivity contribution in [3.8, 4) is 0 Å². The third kappa shape index (κ3) is 3.85. The zero-order valence-corrected chi connectivity index (χ0v) is 7.21. The Morgan fingerprint density at radius 3 is 1.64 bits per heavy atom. The van der Waals surface area contributed by atoms with Crippen LogP contribution in [0.15, 0.2) is 0 Å². The second kappa shape index (κ2) is 5.18. The molecule has 0 rings (SSSR count). The van der Waals surface area contributed by atoms with E-state index >= 15 is 0 Å². The lowest BCUT2D eigenvalue weighted by atomic mass is 10.0. The van der Waals surface area contributed by atoms with Gasteiger partial charge in [-0.1, -0.05) is 0 Å². The van der Waals surface area contributed by atoms with Gasteiger partial charge in [-0.05, 0) is 12.8 Å². The Bertz CT molecular complexity index is 237. The third-order valence-electron chi connectivity index (χ3n) is 1.68. The van der Waals surface area contributed by atoms with Crippen LogP contribution in [0.5, 0.6) is 0 Å². The lowest BCUT2D eigenvalue weighted by Crippen LogP contribution is -2.32. The molecule has 0 bridgehead atoms. The predicted molar refractivity (Wildman–Crippen MR) is 43.6 cm³/mol. The fraction of sp³-hybridized carbons (Fsp3) is 0.571. The summed E-state index contributed by atoms with van der Waals surface area (Å²) in [6.07, 6.45) is -0.475. The molecule has 0 aromatic carbocycles. The molecule has 1 atom stereocenters. The van der Waals surface area contributed by atoms with E-state index in [1.165, 1.54) is 0 Å². The van der Waals surface area contributed by atoms with Gasteiger partial charge in [-0.2, -0.15) is 0 Å². The standard InChI is InChI=1S/C7H11NO6/c8-4(7(13)14)2-1-3(5(9)10)6(11)12/h3-4H,1-2,8H2,(H,9,10)(H,11,12)(H,13,14). The van der Waals surface area contributed by atoms with Crippen molar-refractivity contribution in [2.45, 2.75) is 18.9 Å². The van der Waals surface area contributed by atoms with Gasteiger partial charge in [-0.15, -0.1) is 0 Å². The van der Waals surface area contributed by atoms with E-state index < -0.39 is 29.9 Å². The van der Waals surface area contributed by atoms with Crippen LogP contribution in [0.1, 0.15) is 12.8 Å². The van der Waals surface area contributed by atoms with Crippen LogP contribution in [0.2, 0.25) is 0 Å². The van der Waals surface area contributed by atoms with Gasteiger partial charge in [-0.25, -0.2) is 0 Å². The number of carboxylic acid groups (broad SMARTS) is 3. The van der Waals surface area contributed by atoms with E-state index in [2.05, 4.69) is 0 Å². The quantitative estimate of drug-likeness (QED) is 0.406. The molecule has 5 N–H and O–H groups in total. The number of hydrogen-bond donors (Lipinski definition) is 4. The SMILES string of the molecule is NC(CCC(C(=O)O)C(=O)O)C(=O)O. The monoisotopic (exact) mass is 205 g/mol. The van der Waals surface area contributed by atoms with Gasteiger partial charge in [0.1, 0.15) is 6.04 Å². The normalized spacial score (nSPS) is 12.4. The smallest absolute Gasteiger partial charge is 0.320 e. The van der Waals surface area contributed by atoms with Crippen LogP contribution < -0.4 is 5.73 Å². The average molecular weight is 205 g/mol. The number of carbonyl (C=O) groups is 3. The highest BCUT2D eigenvalue weighted by Crippen LogP contribution is 2.08. The highest BCUT2D eigenvalue weighted by atomic mass is 16.4. The Morgan fingerprint density at radius 2 is 1.36 bits per heavy atom. The first kappa shape index (κ1) is 12.4. The topological polar surface area (TPSA) is 138 Å². The zero-order valence-electron chi connectivity index (χ0n) is 7.21. The van der Waals surface area contributed by atoms with Crippen LogP contribution in [0.3, 0.4) is 0 Å². The average Bonchev–Trinajstić information content (AvgIpc) is 2.02. The maximum atomic E-state index is 10.4. The number of aliphatic carboxylic acids is 3. The van der Waals surface area contributed by atoms with Crippen molar-refractivity contribution in [2.24, 2.45) is 11.7 Å². The molecule has 0 aromatic rings. The Hall–Kier alpha value is -1.63. The van der Waals surface area contributed by atoms with Crippen LogP contribution in [-0.2, 0) is 14.4 Å². The summed E-state index contributed by atoms with van der Waals surface area (Å²) in [5.74, 6) is -5.86. The second-order valence-electron chi connectivity index (χ2n) is 2.75. The maximum Gasteiger partial charge on any atom is 0.320 e. The molecule has 7 heteroatoms. The van der Waals surface area contributed by atoms with Crippen LogP contribution in [0.4, 0.5) is 0 Å². The second-order valence-corrected chi connectivity index (χ2v) is 2.75. The van der Waals surface area contributed by atoms with Gasteiger partial charge in [0.2, 0.25) is 0 Å². The number of hydrogen-bond acceptors (Lipinski definition) is 4. The molecular weight excluding hydrogens is 194 g/mol. The molecule has 0 aromatic heterocycles. The highest BCUT2D eigenvalue weighted by Gasteiger charge is 2.27. The Kier molecular flexibility index (Phi) is 4.57. The van der Waals surface area contributed by atoms with E-state index in [4.69, 9.17) is 21.1 Å². The fourth-order valence-corrected chi connectivity index (χ4v) is 0.822. The Morgan fingerprint density at radius 1 is 0.929 bits per heavy atom. The molecule has 0 radical (unpaired) electrons. The molecule has 0 fully saturated rings. The number of nitrogens with two attached hydrogens (primary N) is 1. The Labute approximate surface area is 79.1 Å². The molecule has 0 heterocycles. The summed E-state index contributed by atoms with van der Waals surface area (Å²) in [7, 11) is 0. The summed E-state index contributed by atoms with van der Waals surface area (Å²) in [6, 6.07) is -1.23. The van der Waals surface area contributed by atoms with Crippen LogP contribution >= 0.6 is 0 Å². The molecule has 1 unspecified atom stereocenters. The van der Waals surface area contributed by atoms with Crippen molar-refractivity contribution in [3.05, 3.63) is 0 Å². The van der Waals surface area contributed by atoms with Crippen LogP contribution in [0, 0.1) is 5.92 Å². The molecule has 0 aliphatic rings. The third-order valence-corrected chi connectivity index (χ3v) is 1.68. The molecular formula is C7H11NO6. The largest absolute Gasteiger partial charge is 0.481 e. The number of carboxylic acids is 3. The van der Waals surface area contributed by atoms with Crippen molar-refractivity contribution in [1.82, 2.24) is 0 Å². The van der Waals surface area contributed by atoms with E-state index in [1.54, 1.807) is 0 Å². The van der Waals surface area contributed by atoms with Crippen molar-refractivity contribution in [1.29, 1.82) is 0 Å². The van der Waals surface area contributed by atoms with Crippen molar-refractivity contribution >= 4 is 17.9 Å². The fourth-order valence-electron chi connectivity index (χ4n) is 0.822. The first-order valence-electron chi connectivity index (χ1n) is 3.80. The Balaban J connectivity index is 4.14. The minimum atomic E-state index is -1.60. The van der Waals surface area contributed by atoms with Gasteiger partial charge in [0.25, 0.3) is 0 Å². The minimum absolute atomic E-state index is 0.182. The van der Waals surface area contributed by atoms with Gasteiger partial charge < -0.3 is 21.1 Å². The summed E-state index contributed by atoms with van der Waals surface area (Å²) in [5.41, 5.74) is 5.08. The molecule has 0 amide bonds. The summed E-state index contributed by atoms with van der Waals surface area (Å²) in [4.78, 5) is 30.9. The molecule has 0 spiro atoms. The van der Waals surface area contributed by atoms with Crippen LogP contribution in [-0.4, -0.2) is 39.3 Å². The van der Waals surface area contributed by atoms with Gasteiger partial charge in [0.15, 0.2) is 5.92 Å². The highest BCUT2D eigenvalue weighted by molar-refractivity contribution is 5.92. The van der Waals surface area contributed by atoms with Crippen molar-refractivity contribution < 1.29 is 29.7 Å². The molecule has 7 nitrogen and oxygen atoms in total.